The minimum absolute atomic E-state index is 0.0488. The Morgan fingerprint density at radius 3 is 2.76 bits per heavy atom. The molecule has 34 heavy (non-hydrogen) atoms. The average Bonchev–Trinajstić information content (AvgIpc) is 3.28. The summed E-state index contributed by atoms with van der Waals surface area (Å²) in [5.74, 6) is -1.41. The van der Waals surface area contributed by atoms with Crippen molar-refractivity contribution in [1.82, 2.24) is 24.2 Å². The number of carbonyl (C=O) groups is 1. The van der Waals surface area contributed by atoms with Crippen LogP contribution in [0.25, 0.3) is 23.3 Å². The number of hydrogen-bond donors (Lipinski definition) is 5. The Kier molecular flexibility index (Phi) is 5.22. The van der Waals surface area contributed by atoms with Gasteiger partial charge in [-0.1, -0.05) is 18.2 Å². The average molecular weight is 490 g/mol. The van der Waals surface area contributed by atoms with Crippen molar-refractivity contribution in [2.45, 2.75) is 24.5 Å². The van der Waals surface area contributed by atoms with Crippen molar-refractivity contribution in [2.24, 2.45) is 0 Å². The number of phenolic OH excluding ortho intramolecular Hbond substituents is 1. The first kappa shape index (κ1) is 22.2. The second-order valence-corrected chi connectivity index (χ2v) is 8.91. The molecule has 4 heterocycles. The maximum absolute atomic E-state index is 12.7. The van der Waals surface area contributed by atoms with Gasteiger partial charge >= 0.3 is 10.3 Å². The van der Waals surface area contributed by atoms with E-state index in [-0.39, 0.29) is 33.9 Å². The topological polar surface area (TPSA) is 212 Å². The number of phenols is 1. The van der Waals surface area contributed by atoms with Gasteiger partial charge in [-0.05, 0) is 17.7 Å². The number of anilines is 1. The molecule has 0 spiro atoms. The monoisotopic (exact) mass is 490 g/mol. The lowest BCUT2D eigenvalue weighted by Gasteiger charge is -2.19. The van der Waals surface area contributed by atoms with E-state index in [9.17, 15) is 28.5 Å². The molecule has 4 atom stereocenters. The van der Waals surface area contributed by atoms with Gasteiger partial charge in [0.1, 0.15) is 36.2 Å². The molecule has 2 aliphatic rings. The molecule has 6 N–H and O–H groups in total. The summed E-state index contributed by atoms with van der Waals surface area (Å²) >= 11 is 0. The first-order chi connectivity index (χ1) is 16.2. The van der Waals surface area contributed by atoms with Crippen LogP contribution in [0.1, 0.15) is 28.0 Å². The van der Waals surface area contributed by atoms with Crippen LogP contribution in [0.5, 0.6) is 5.75 Å². The van der Waals surface area contributed by atoms with E-state index in [0.717, 1.165) is 0 Å². The quantitative estimate of drug-likeness (QED) is 0.254. The van der Waals surface area contributed by atoms with Gasteiger partial charge in [0.25, 0.3) is 5.91 Å². The summed E-state index contributed by atoms with van der Waals surface area (Å²) in [6.07, 6.45) is -1.59. The number of fused-ring (bicyclic) bond motifs is 7. The van der Waals surface area contributed by atoms with Gasteiger partial charge in [-0.25, -0.2) is 19.7 Å². The van der Waals surface area contributed by atoms with Crippen LogP contribution in [0.15, 0.2) is 24.5 Å². The molecule has 0 aliphatic carbocycles. The van der Waals surface area contributed by atoms with Crippen LogP contribution in [0, 0.1) is 0 Å². The number of nitrogens with zero attached hydrogens (tertiary/aromatic N) is 4. The number of nitrogens with one attached hydrogen (secondary N) is 1. The van der Waals surface area contributed by atoms with Crippen molar-refractivity contribution >= 4 is 45.3 Å². The normalized spacial score (nSPS) is 26.5. The second kappa shape index (κ2) is 8.00. The molecule has 178 valence electrons. The lowest BCUT2D eigenvalue weighted by atomic mass is 10.1. The van der Waals surface area contributed by atoms with E-state index >= 15 is 0 Å². The van der Waals surface area contributed by atoms with Crippen LogP contribution in [-0.4, -0.2) is 74.1 Å². The summed E-state index contributed by atoms with van der Waals surface area (Å²) in [5.41, 5.74) is 6.11. The number of aliphatic hydroxyl groups excluding tert-OH is 2. The highest BCUT2D eigenvalue weighted by molar-refractivity contribution is 7.85. The third-order valence-electron chi connectivity index (χ3n) is 5.44. The Balaban J connectivity index is 1.74. The third-order valence-corrected chi connectivity index (χ3v) is 6.32. The number of hydrogen-bond acceptors (Lipinski definition) is 12. The van der Waals surface area contributed by atoms with Crippen LogP contribution < -0.4 is 10.5 Å². The van der Waals surface area contributed by atoms with Crippen LogP contribution in [-0.2, 0) is 19.2 Å². The minimum atomic E-state index is -4.66. The van der Waals surface area contributed by atoms with E-state index in [1.165, 1.54) is 41.2 Å². The number of amides is 1. The number of benzene rings is 1. The Morgan fingerprint density at radius 2 is 1.97 bits per heavy atom. The number of ether oxygens (including phenoxy) is 1. The fourth-order valence-electron chi connectivity index (χ4n) is 3.85. The van der Waals surface area contributed by atoms with Crippen LogP contribution in [0.4, 0.5) is 5.82 Å². The standard InChI is InChI=1S/C19H18N6O8S/c20-16-13-17(22-7-21-16)25-11(23-13)5-4-8-2-1-3-9(26)12(8)18(29)24-34(30,31)32-6-10-14(27)15(28)19(25)33-10/h1-5,7,10,14-15,19,26-28H,6H2,(H,24,29)(H2,20,21,22)/t10-,14-,15-,19-/m1/s1. The van der Waals surface area contributed by atoms with Gasteiger partial charge in [0.05, 0.1) is 12.2 Å². The van der Waals surface area contributed by atoms with Gasteiger partial charge in [0.2, 0.25) is 0 Å². The molecular formula is C19H18N6O8S. The molecular weight excluding hydrogens is 472 g/mol. The molecule has 1 amide bonds. The van der Waals surface area contributed by atoms with Gasteiger partial charge in [-0.15, -0.1) is 0 Å². The fraction of sp³-hybridized carbons (Fsp3) is 0.263. The first-order valence-electron chi connectivity index (χ1n) is 9.88. The molecule has 2 aliphatic heterocycles. The number of carbonyl (C=O) groups excluding carboxylic acids is 1. The van der Waals surface area contributed by atoms with E-state index in [4.69, 9.17) is 14.7 Å². The summed E-state index contributed by atoms with van der Waals surface area (Å²) in [6, 6.07) is 4.14. The van der Waals surface area contributed by atoms with E-state index in [1.54, 1.807) is 4.72 Å². The van der Waals surface area contributed by atoms with E-state index in [1.807, 2.05) is 0 Å². The molecule has 1 fully saturated rings. The maximum Gasteiger partial charge on any atom is 0.362 e. The largest absolute Gasteiger partial charge is 0.507 e. The van der Waals surface area contributed by atoms with E-state index in [2.05, 4.69) is 15.0 Å². The maximum atomic E-state index is 12.7. The summed E-state index contributed by atoms with van der Waals surface area (Å²) in [7, 11) is -4.66. The van der Waals surface area contributed by atoms with Gasteiger partial charge in [-0.2, -0.15) is 8.42 Å². The van der Waals surface area contributed by atoms with E-state index in [0.29, 0.717) is 0 Å². The number of aromatic hydroxyl groups is 1. The summed E-state index contributed by atoms with van der Waals surface area (Å²) < 4.78 is 38.2. The third kappa shape index (κ3) is 3.64. The van der Waals surface area contributed by atoms with Crippen molar-refractivity contribution in [1.29, 1.82) is 0 Å². The van der Waals surface area contributed by atoms with Gasteiger partial charge < -0.3 is 25.8 Å². The highest BCUT2D eigenvalue weighted by Crippen LogP contribution is 2.35. The smallest absolute Gasteiger partial charge is 0.362 e. The number of rotatable bonds is 0. The number of imidazole rings is 1. The number of nitrogen functional groups attached to an aromatic ring is 1. The molecule has 14 nitrogen and oxygen atoms in total. The Hall–Kier alpha value is -3.63. The molecule has 0 unspecified atom stereocenters. The summed E-state index contributed by atoms with van der Waals surface area (Å²) in [6.45, 7) is -0.722. The molecule has 3 aromatic rings. The Bertz CT molecular complexity index is 1440. The second-order valence-electron chi connectivity index (χ2n) is 7.56. The first-order valence-corrected chi connectivity index (χ1v) is 11.3. The molecule has 5 rings (SSSR count). The molecule has 2 bridgehead atoms. The lowest BCUT2D eigenvalue weighted by molar-refractivity contribution is -0.0471. The highest BCUT2D eigenvalue weighted by atomic mass is 32.2. The Labute approximate surface area is 191 Å². The highest BCUT2D eigenvalue weighted by Gasteiger charge is 2.46. The van der Waals surface area contributed by atoms with Crippen molar-refractivity contribution < 1.29 is 37.5 Å². The summed E-state index contributed by atoms with van der Waals surface area (Å²) in [5, 5.41) is 31.4. The zero-order valence-electron chi connectivity index (χ0n) is 17.1. The van der Waals surface area contributed by atoms with Crippen LogP contribution >= 0.6 is 0 Å². The van der Waals surface area contributed by atoms with Gasteiger partial charge in [0.15, 0.2) is 23.2 Å². The van der Waals surface area contributed by atoms with Crippen molar-refractivity contribution in [2.75, 3.05) is 12.3 Å². The van der Waals surface area contributed by atoms with Crippen LogP contribution in [0.3, 0.4) is 0 Å². The fourth-order valence-corrected chi connectivity index (χ4v) is 4.55. The Morgan fingerprint density at radius 1 is 1.18 bits per heavy atom. The van der Waals surface area contributed by atoms with E-state index < -0.39 is 53.1 Å². The molecule has 2 aromatic heterocycles. The molecule has 0 radical (unpaired) electrons. The molecule has 15 heteroatoms. The minimum Gasteiger partial charge on any atom is -0.507 e. The summed E-state index contributed by atoms with van der Waals surface area (Å²) in [4.78, 5) is 25.1. The van der Waals surface area contributed by atoms with Crippen molar-refractivity contribution in [3.8, 4) is 5.75 Å². The number of aliphatic hydroxyl groups is 2. The molecule has 0 saturated carbocycles. The zero-order valence-corrected chi connectivity index (χ0v) is 18.0. The zero-order chi connectivity index (χ0) is 24.2. The van der Waals surface area contributed by atoms with Gasteiger partial charge in [-0.3, -0.25) is 13.5 Å². The molecule has 1 aromatic carbocycles. The molecule has 1 saturated heterocycles. The van der Waals surface area contributed by atoms with Crippen molar-refractivity contribution in [3.63, 3.8) is 0 Å². The predicted octanol–water partition coefficient (Wildman–Crippen LogP) is -1.09. The lowest BCUT2D eigenvalue weighted by Crippen LogP contribution is -2.38. The van der Waals surface area contributed by atoms with Crippen molar-refractivity contribution in [3.05, 3.63) is 41.5 Å². The number of aromatic nitrogens is 4. The number of nitrogens with two attached hydrogens (primary N) is 1. The van der Waals surface area contributed by atoms with Crippen LogP contribution in [0.2, 0.25) is 0 Å². The van der Waals surface area contributed by atoms with Gasteiger partial charge in [0, 0.05) is 0 Å². The SMILES string of the molecule is Nc1ncnc2c1nc1n2[C@@H]2O[C@H](COS(=O)(=O)NC(=O)c3c(O)cccc3C=C1)[C@@H](O)[C@H]2O. The predicted molar refractivity (Wildman–Crippen MR) is 115 cm³/mol.